The van der Waals surface area contributed by atoms with Crippen molar-refractivity contribution < 1.29 is 18.3 Å². The van der Waals surface area contributed by atoms with Crippen molar-refractivity contribution in [2.45, 2.75) is 84.6 Å². The average molecular weight is 668 g/mol. The van der Waals surface area contributed by atoms with E-state index in [0.717, 1.165) is 36.7 Å². The summed E-state index contributed by atoms with van der Waals surface area (Å²) in [4.78, 5) is 23.8. The van der Waals surface area contributed by atoms with Crippen molar-refractivity contribution in [1.29, 1.82) is 0 Å². The standard InChI is InChI=1S/C35H48F2N7O2P/c1-23(2)44(16-18-47(34(3,4)5)35(6,7)8)15-10-17-46-25-13-14-26-29(21-25)38-22-39-33(26)41-30-19-24(42-43-30)20-31(45)40-28-12-9-11-27(36)32(28)37/h9,11-14,19,21-23H,10,15-18,20H2,1-8H3,(H,40,45)(H2,38,39,41,42,43). The zero-order valence-electron chi connectivity index (χ0n) is 28.7. The molecule has 3 N–H and O–H groups in total. The third-order valence-corrected chi connectivity index (χ3v) is 11.8. The van der Waals surface area contributed by atoms with Crippen molar-refractivity contribution in [3.8, 4) is 5.75 Å². The number of carbonyl (C=O) groups is 1. The number of hydrogen-bond acceptors (Lipinski definition) is 7. The Morgan fingerprint density at radius 3 is 2.47 bits per heavy atom. The van der Waals surface area contributed by atoms with E-state index in [1.54, 1.807) is 6.07 Å². The minimum atomic E-state index is -1.10. The van der Waals surface area contributed by atoms with Crippen LogP contribution in [0.5, 0.6) is 5.75 Å². The minimum Gasteiger partial charge on any atom is -0.493 e. The molecule has 9 nitrogen and oxygen atoms in total. The number of nitrogens with one attached hydrogen (secondary N) is 3. The zero-order chi connectivity index (χ0) is 34.4. The Hall–Kier alpha value is -3.69. The molecule has 0 spiro atoms. The van der Waals surface area contributed by atoms with E-state index in [-0.39, 0.29) is 20.0 Å². The highest BCUT2D eigenvalue weighted by molar-refractivity contribution is 7.60. The molecule has 0 atom stereocenters. The van der Waals surface area contributed by atoms with Crippen LogP contribution in [-0.2, 0) is 11.2 Å². The number of aromatic nitrogens is 4. The fourth-order valence-electron chi connectivity index (χ4n) is 5.82. The number of anilines is 3. The van der Waals surface area contributed by atoms with Crippen molar-refractivity contribution in [3.05, 3.63) is 66.1 Å². The predicted molar refractivity (Wildman–Crippen MR) is 188 cm³/mol. The summed E-state index contributed by atoms with van der Waals surface area (Å²) in [6.07, 6.45) is 3.51. The smallest absolute Gasteiger partial charge is 0.230 e. The molecule has 0 saturated carbocycles. The van der Waals surface area contributed by atoms with Gasteiger partial charge < -0.3 is 20.3 Å². The van der Waals surface area contributed by atoms with Crippen LogP contribution in [0.2, 0.25) is 0 Å². The van der Waals surface area contributed by atoms with Crippen LogP contribution in [0.4, 0.5) is 26.1 Å². The molecular weight excluding hydrogens is 619 g/mol. The molecule has 1 amide bonds. The molecule has 0 aliphatic heterocycles. The molecule has 12 heteroatoms. The van der Waals surface area contributed by atoms with E-state index in [0.29, 0.717) is 45.8 Å². The monoisotopic (exact) mass is 667 g/mol. The SMILES string of the molecule is CC(C)N(CCCOc1ccc2c(Nc3cc(CC(=O)Nc4cccc(F)c4F)[nH]n3)ncnc2c1)CCP(C(C)(C)C)C(C)(C)C. The molecule has 254 valence electrons. The number of aromatic amines is 1. The number of hydrogen-bond donors (Lipinski definition) is 3. The second kappa shape index (κ2) is 15.5. The molecule has 0 unspecified atom stereocenters. The lowest BCUT2D eigenvalue weighted by atomic mass is 10.2. The van der Waals surface area contributed by atoms with Crippen LogP contribution in [-0.4, -0.2) is 73.2 Å². The van der Waals surface area contributed by atoms with Crippen molar-refractivity contribution in [2.24, 2.45) is 0 Å². The molecule has 0 aliphatic rings. The highest BCUT2D eigenvalue weighted by atomic mass is 31.1. The van der Waals surface area contributed by atoms with Crippen LogP contribution >= 0.6 is 7.92 Å². The van der Waals surface area contributed by atoms with Crippen LogP contribution in [0.1, 0.15) is 67.5 Å². The van der Waals surface area contributed by atoms with Crippen LogP contribution < -0.4 is 15.4 Å². The summed E-state index contributed by atoms with van der Waals surface area (Å²) in [5, 5.41) is 14.0. The van der Waals surface area contributed by atoms with Gasteiger partial charge >= 0.3 is 0 Å². The molecule has 0 bridgehead atoms. The number of rotatable bonds is 14. The molecular formula is C35H48F2N7O2P. The maximum Gasteiger partial charge on any atom is 0.230 e. The number of ether oxygens (including phenoxy) is 1. The fraction of sp³-hybridized carbons (Fsp3) is 0.486. The first-order chi connectivity index (χ1) is 22.1. The Kier molecular flexibility index (Phi) is 11.9. The third kappa shape index (κ3) is 10.1. The summed E-state index contributed by atoms with van der Waals surface area (Å²) in [6.45, 7) is 21.5. The number of nitrogens with zero attached hydrogens (tertiary/aromatic N) is 4. The molecule has 2 heterocycles. The van der Waals surface area contributed by atoms with Crippen molar-refractivity contribution in [3.63, 3.8) is 0 Å². The Morgan fingerprint density at radius 2 is 1.77 bits per heavy atom. The van der Waals surface area contributed by atoms with E-state index >= 15 is 0 Å². The quantitative estimate of drug-likeness (QED) is 0.0921. The number of halogens is 2. The van der Waals surface area contributed by atoms with Gasteiger partial charge in [0.25, 0.3) is 0 Å². The van der Waals surface area contributed by atoms with Crippen LogP contribution in [0, 0.1) is 11.6 Å². The maximum absolute atomic E-state index is 13.9. The molecule has 0 aliphatic carbocycles. The van der Waals surface area contributed by atoms with Crippen LogP contribution in [0.25, 0.3) is 10.9 Å². The Bertz CT molecular complexity index is 1640. The van der Waals surface area contributed by atoms with Gasteiger partial charge in [-0.1, -0.05) is 55.5 Å². The van der Waals surface area contributed by atoms with E-state index < -0.39 is 17.5 Å². The van der Waals surface area contributed by atoms with Gasteiger partial charge in [-0.3, -0.25) is 9.89 Å². The molecule has 4 rings (SSSR count). The topological polar surface area (TPSA) is 108 Å². The predicted octanol–water partition coefficient (Wildman–Crippen LogP) is 8.11. The van der Waals surface area contributed by atoms with Crippen LogP contribution in [0.3, 0.4) is 0 Å². The van der Waals surface area contributed by atoms with Crippen molar-refractivity contribution in [2.75, 3.05) is 36.5 Å². The first-order valence-electron chi connectivity index (χ1n) is 16.1. The summed E-state index contributed by atoms with van der Waals surface area (Å²) in [5.41, 5.74) is 0.979. The van der Waals surface area contributed by atoms with E-state index in [1.807, 2.05) is 18.2 Å². The normalized spacial score (nSPS) is 12.4. The number of fused-ring (bicyclic) bond motifs is 1. The summed E-state index contributed by atoms with van der Waals surface area (Å²) < 4.78 is 33.5. The number of benzene rings is 2. The average Bonchev–Trinajstić information content (AvgIpc) is 3.41. The van der Waals surface area contributed by atoms with Crippen molar-refractivity contribution >= 4 is 42.1 Å². The lowest BCUT2D eigenvalue weighted by Gasteiger charge is -2.43. The second-order valence-electron chi connectivity index (χ2n) is 14.0. The number of carbonyl (C=O) groups excluding carboxylic acids is 1. The maximum atomic E-state index is 13.9. The first-order valence-corrected chi connectivity index (χ1v) is 17.6. The fourth-order valence-corrected chi connectivity index (χ4v) is 9.63. The Balaban J connectivity index is 1.30. The van der Waals surface area contributed by atoms with Crippen molar-refractivity contribution in [1.82, 2.24) is 25.1 Å². The molecule has 2 aromatic heterocycles. The number of H-pyrrole nitrogens is 1. The van der Waals surface area contributed by atoms with E-state index in [2.05, 4.69) is 91.1 Å². The van der Waals surface area contributed by atoms with E-state index in [4.69, 9.17) is 4.74 Å². The lowest BCUT2D eigenvalue weighted by molar-refractivity contribution is -0.115. The summed E-state index contributed by atoms with van der Waals surface area (Å²) in [6, 6.07) is 11.4. The van der Waals surface area contributed by atoms with Gasteiger partial charge in [0.15, 0.2) is 17.5 Å². The van der Waals surface area contributed by atoms with Gasteiger partial charge in [0.05, 0.1) is 24.2 Å². The second-order valence-corrected chi connectivity index (χ2v) is 17.9. The molecule has 0 radical (unpaired) electrons. The Morgan fingerprint density at radius 1 is 1.02 bits per heavy atom. The van der Waals surface area contributed by atoms with Crippen LogP contribution in [0.15, 0.2) is 48.8 Å². The molecule has 2 aromatic carbocycles. The van der Waals surface area contributed by atoms with Gasteiger partial charge in [-0.05, 0) is 61.0 Å². The van der Waals surface area contributed by atoms with Gasteiger partial charge in [-0.2, -0.15) is 5.10 Å². The van der Waals surface area contributed by atoms with E-state index in [1.165, 1.54) is 24.6 Å². The van der Waals surface area contributed by atoms with Gasteiger partial charge in [0.2, 0.25) is 5.91 Å². The van der Waals surface area contributed by atoms with Gasteiger partial charge in [0.1, 0.15) is 17.9 Å². The third-order valence-electron chi connectivity index (χ3n) is 7.88. The van der Waals surface area contributed by atoms with Gasteiger partial charge in [0, 0.05) is 42.3 Å². The molecule has 47 heavy (non-hydrogen) atoms. The zero-order valence-corrected chi connectivity index (χ0v) is 29.6. The highest BCUT2D eigenvalue weighted by Gasteiger charge is 2.34. The summed E-state index contributed by atoms with van der Waals surface area (Å²) in [5.74, 6) is -0.924. The number of amides is 1. The first kappa shape index (κ1) is 36.2. The largest absolute Gasteiger partial charge is 0.493 e. The minimum absolute atomic E-state index is 0.111. The highest BCUT2D eigenvalue weighted by Crippen LogP contribution is 2.58. The molecule has 0 saturated heterocycles. The summed E-state index contributed by atoms with van der Waals surface area (Å²) in [7, 11) is -0.138. The lowest BCUT2D eigenvalue weighted by Crippen LogP contribution is -2.37. The van der Waals surface area contributed by atoms with Gasteiger partial charge in [-0.15, -0.1) is 0 Å². The van der Waals surface area contributed by atoms with Gasteiger partial charge in [-0.25, -0.2) is 18.7 Å². The molecule has 0 fully saturated rings. The molecule has 4 aromatic rings. The summed E-state index contributed by atoms with van der Waals surface area (Å²) >= 11 is 0. The Labute approximate surface area is 278 Å². The van der Waals surface area contributed by atoms with E-state index in [9.17, 15) is 13.6 Å².